The smallest absolute Gasteiger partial charge is 0.294 e. The lowest BCUT2D eigenvalue weighted by Crippen LogP contribution is -2.32. The summed E-state index contributed by atoms with van der Waals surface area (Å²) in [5, 5.41) is 12.1. The fraction of sp³-hybridized carbons (Fsp3) is 0.0800. The molecule has 1 aliphatic heterocycles. The summed E-state index contributed by atoms with van der Waals surface area (Å²) in [5.41, 5.74) is 2.15. The van der Waals surface area contributed by atoms with Crippen molar-refractivity contribution in [1.29, 1.82) is 0 Å². The van der Waals surface area contributed by atoms with E-state index in [-0.39, 0.29) is 11.3 Å². The van der Waals surface area contributed by atoms with E-state index >= 15 is 0 Å². The Balaban J connectivity index is 1.67. The number of halogens is 1. The van der Waals surface area contributed by atoms with Crippen LogP contribution in [0, 0.1) is 6.92 Å². The molecule has 158 valence electrons. The van der Waals surface area contributed by atoms with E-state index in [9.17, 15) is 14.7 Å². The van der Waals surface area contributed by atoms with Crippen molar-refractivity contribution in [2.45, 2.75) is 13.0 Å². The number of hydrogen-bond acceptors (Lipinski definition) is 5. The maximum absolute atomic E-state index is 13.5. The molecule has 1 aliphatic rings. The van der Waals surface area contributed by atoms with E-state index in [1.165, 1.54) is 4.90 Å². The number of carbonyl (C=O) groups excluding carboxylic acids is 2. The van der Waals surface area contributed by atoms with Crippen molar-refractivity contribution in [1.82, 2.24) is 4.98 Å². The second kappa shape index (κ2) is 7.66. The summed E-state index contributed by atoms with van der Waals surface area (Å²) >= 11 is 6.10. The van der Waals surface area contributed by atoms with Crippen molar-refractivity contribution in [2.75, 3.05) is 4.90 Å². The lowest BCUT2D eigenvalue weighted by atomic mass is 9.97. The standard InChI is InChI=1S/C25H17ClN2O4/c1-14-12-16(26)9-10-18(14)28-22(17-7-4-5-11-27-17)21(24(30)25(28)31)23(29)20-13-15-6-2-3-8-19(15)32-20/h2-13,22,30H,1H3. The third-order valence-corrected chi connectivity index (χ3v) is 5.72. The van der Waals surface area contributed by atoms with Gasteiger partial charge in [-0.05, 0) is 55.0 Å². The first kappa shape index (κ1) is 20.0. The Labute approximate surface area is 188 Å². The number of benzene rings is 2. The molecule has 0 fully saturated rings. The Hall–Kier alpha value is -3.90. The number of pyridine rings is 1. The lowest BCUT2D eigenvalue weighted by molar-refractivity contribution is -0.117. The van der Waals surface area contributed by atoms with Crippen LogP contribution >= 0.6 is 11.6 Å². The molecule has 6 nitrogen and oxygen atoms in total. The minimum Gasteiger partial charge on any atom is -0.503 e. The second-order valence-electron chi connectivity index (χ2n) is 7.50. The summed E-state index contributed by atoms with van der Waals surface area (Å²) in [6, 6.07) is 18.2. The third kappa shape index (κ3) is 3.16. The predicted octanol–water partition coefficient (Wildman–Crippen LogP) is 5.57. The molecule has 0 saturated carbocycles. The molecule has 4 aromatic rings. The number of ketones is 1. The summed E-state index contributed by atoms with van der Waals surface area (Å²) in [4.78, 5) is 32.5. The highest BCUT2D eigenvalue weighted by atomic mass is 35.5. The quantitative estimate of drug-likeness (QED) is 0.416. The molecule has 5 rings (SSSR count). The van der Waals surface area contributed by atoms with Crippen molar-refractivity contribution >= 4 is 39.9 Å². The Morgan fingerprint density at radius 1 is 1.09 bits per heavy atom. The van der Waals surface area contributed by atoms with E-state index in [1.807, 2.05) is 12.1 Å². The summed E-state index contributed by atoms with van der Waals surface area (Å²) < 4.78 is 5.73. The van der Waals surface area contributed by atoms with Crippen molar-refractivity contribution in [3.63, 3.8) is 0 Å². The van der Waals surface area contributed by atoms with Gasteiger partial charge in [0, 0.05) is 22.3 Å². The van der Waals surface area contributed by atoms with Crippen LogP contribution in [0.3, 0.4) is 0 Å². The highest BCUT2D eigenvalue weighted by molar-refractivity contribution is 6.30. The monoisotopic (exact) mass is 444 g/mol. The van der Waals surface area contributed by atoms with Crippen LogP contribution in [-0.4, -0.2) is 21.8 Å². The summed E-state index contributed by atoms with van der Waals surface area (Å²) in [6.45, 7) is 1.81. The van der Waals surface area contributed by atoms with Gasteiger partial charge in [-0.25, -0.2) is 0 Å². The second-order valence-corrected chi connectivity index (χ2v) is 7.94. The molecule has 0 bridgehead atoms. The van der Waals surface area contributed by atoms with Crippen molar-refractivity contribution in [2.24, 2.45) is 0 Å². The highest BCUT2D eigenvalue weighted by Crippen LogP contribution is 2.43. The van der Waals surface area contributed by atoms with E-state index in [4.69, 9.17) is 16.0 Å². The minimum atomic E-state index is -0.927. The molecule has 2 aromatic heterocycles. The van der Waals surface area contributed by atoms with E-state index in [1.54, 1.807) is 67.7 Å². The van der Waals surface area contributed by atoms with Gasteiger partial charge in [0.2, 0.25) is 5.78 Å². The fourth-order valence-electron chi connectivity index (χ4n) is 4.02. The van der Waals surface area contributed by atoms with Crippen molar-refractivity contribution in [3.05, 3.63) is 106 Å². The first-order valence-electron chi connectivity index (χ1n) is 9.93. The molecule has 0 radical (unpaired) electrons. The molecule has 32 heavy (non-hydrogen) atoms. The van der Waals surface area contributed by atoms with Crippen LogP contribution in [0.4, 0.5) is 5.69 Å². The molecule has 7 heteroatoms. The zero-order valence-corrected chi connectivity index (χ0v) is 17.7. The van der Waals surface area contributed by atoms with E-state index in [2.05, 4.69) is 4.98 Å². The van der Waals surface area contributed by atoms with Gasteiger partial charge < -0.3 is 9.52 Å². The Kier molecular flexibility index (Phi) is 4.79. The average molecular weight is 445 g/mol. The number of hydrogen-bond donors (Lipinski definition) is 1. The molecule has 2 aromatic carbocycles. The van der Waals surface area contributed by atoms with Gasteiger partial charge in [0.1, 0.15) is 11.6 Å². The number of aromatic nitrogens is 1. The molecule has 0 spiro atoms. The van der Waals surface area contributed by atoms with Crippen LogP contribution in [0.15, 0.2) is 88.7 Å². The van der Waals surface area contributed by atoms with Crippen LogP contribution < -0.4 is 4.90 Å². The number of anilines is 1. The zero-order chi connectivity index (χ0) is 22.4. The molecule has 0 saturated heterocycles. The van der Waals surface area contributed by atoms with Gasteiger partial charge in [0.15, 0.2) is 11.5 Å². The summed E-state index contributed by atoms with van der Waals surface area (Å²) in [7, 11) is 0. The molecule has 3 heterocycles. The zero-order valence-electron chi connectivity index (χ0n) is 16.9. The van der Waals surface area contributed by atoms with Gasteiger partial charge in [-0.1, -0.05) is 35.9 Å². The van der Waals surface area contributed by atoms with Crippen LogP contribution in [0.5, 0.6) is 0 Å². The number of carbonyl (C=O) groups is 2. The number of fused-ring (bicyclic) bond motifs is 1. The Morgan fingerprint density at radius 3 is 2.59 bits per heavy atom. The van der Waals surface area contributed by atoms with Gasteiger partial charge in [-0.3, -0.25) is 19.5 Å². The number of rotatable bonds is 4. The number of para-hydroxylation sites is 1. The fourth-order valence-corrected chi connectivity index (χ4v) is 4.25. The predicted molar refractivity (Wildman–Crippen MR) is 121 cm³/mol. The van der Waals surface area contributed by atoms with Gasteiger partial charge in [-0.2, -0.15) is 0 Å². The summed E-state index contributed by atoms with van der Waals surface area (Å²) in [6.07, 6.45) is 1.57. The number of Topliss-reactive ketones (excluding diaryl/α,β-unsaturated/α-hetero) is 1. The maximum Gasteiger partial charge on any atom is 0.294 e. The van der Waals surface area contributed by atoms with Crippen LogP contribution in [0.2, 0.25) is 5.02 Å². The van der Waals surface area contributed by atoms with E-state index in [0.717, 1.165) is 10.9 Å². The van der Waals surface area contributed by atoms with Gasteiger partial charge in [0.25, 0.3) is 5.91 Å². The number of aliphatic hydroxyl groups excluding tert-OH is 1. The number of aliphatic hydroxyl groups is 1. The van der Waals surface area contributed by atoms with Crippen LogP contribution in [-0.2, 0) is 4.79 Å². The number of furan rings is 1. The Morgan fingerprint density at radius 2 is 1.88 bits per heavy atom. The largest absolute Gasteiger partial charge is 0.503 e. The molecule has 0 aliphatic carbocycles. The molecule has 1 N–H and O–H groups in total. The van der Waals surface area contributed by atoms with Crippen LogP contribution in [0.1, 0.15) is 27.9 Å². The third-order valence-electron chi connectivity index (χ3n) is 5.49. The molecular weight excluding hydrogens is 428 g/mol. The van der Waals surface area contributed by atoms with Crippen molar-refractivity contribution in [3.8, 4) is 0 Å². The first-order chi connectivity index (χ1) is 15.5. The maximum atomic E-state index is 13.5. The first-order valence-corrected chi connectivity index (χ1v) is 10.3. The topological polar surface area (TPSA) is 83.6 Å². The normalized spacial score (nSPS) is 16.2. The van der Waals surface area contributed by atoms with Crippen LogP contribution in [0.25, 0.3) is 11.0 Å². The van der Waals surface area contributed by atoms with Gasteiger partial charge in [-0.15, -0.1) is 0 Å². The van der Waals surface area contributed by atoms with Crippen molar-refractivity contribution < 1.29 is 19.1 Å². The van der Waals surface area contributed by atoms with Gasteiger partial charge >= 0.3 is 0 Å². The van der Waals surface area contributed by atoms with Gasteiger partial charge in [0.05, 0.1) is 11.3 Å². The lowest BCUT2D eigenvalue weighted by Gasteiger charge is -2.27. The Bertz CT molecular complexity index is 1380. The SMILES string of the molecule is Cc1cc(Cl)ccc1N1C(=O)C(O)=C(C(=O)c2cc3ccccc3o2)C1c1ccccn1. The average Bonchev–Trinajstić information content (AvgIpc) is 3.34. The number of aryl methyl sites for hydroxylation is 1. The van der Waals surface area contributed by atoms with E-state index in [0.29, 0.717) is 22.0 Å². The molecular formula is C25H17ClN2O4. The minimum absolute atomic E-state index is 0.0381. The molecule has 1 amide bonds. The highest BCUT2D eigenvalue weighted by Gasteiger charge is 2.46. The summed E-state index contributed by atoms with van der Waals surface area (Å²) in [5.74, 6) is -1.85. The molecule has 1 atom stereocenters. The molecule has 1 unspecified atom stereocenters. The number of amides is 1. The van der Waals surface area contributed by atoms with E-state index < -0.39 is 23.5 Å². The number of nitrogens with zero attached hydrogens (tertiary/aromatic N) is 2.